The van der Waals surface area contributed by atoms with E-state index in [0.717, 1.165) is 18.8 Å². The van der Waals surface area contributed by atoms with Gasteiger partial charge < -0.3 is 11.1 Å². The van der Waals surface area contributed by atoms with Crippen molar-refractivity contribution < 1.29 is 4.79 Å². The fraction of sp³-hybridized carbons (Fsp3) is 0.538. The molecule has 1 aromatic heterocycles. The van der Waals surface area contributed by atoms with Gasteiger partial charge in [-0.25, -0.2) is 0 Å². The minimum atomic E-state index is -0.0180. The summed E-state index contributed by atoms with van der Waals surface area (Å²) in [5.74, 6) is -0.0180. The van der Waals surface area contributed by atoms with Gasteiger partial charge in [-0.05, 0) is 18.4 Å². The third-order valence-corrected chi connectivity index (χ3v) is 3.08. The van der Waals surface area contributed by atoms with E-state index >= 15 is 0 Å². The molecule has 2 heterocycles. The Kier molecular flexibility index (Phi) is 3.26. The molecule has 0 saturated carbocycles. The van der Waals surface area contributed by atoms with Crippen LogP contribution in [0.4, 0.5) is 11.4 Å². The lowest BCUT2D eigenvalue weighted by Gasteiger charge is -2.45. The first-order valence-electron chi connectivity index (χ1n) is 6.10. The number of hydrogen-bond acceptors (Lipinski definition) is 4. The Morgan fingerprint density at radius 1 is 1.56 bits per heavy atom. The summed E-state index contributed by atoms with van der Waals surface area (Å²) >= 11 is 0. The number of rotatable bonds is 3. The molecule has 5 nitrogen and oxygen atoms in total. The summed E-state index contributed by atoms with van der Waals surface area (Å²) in [7, 11) is 0. The van der Waals surface area contributed by atoms with Gasteiger partial charge in [0, 0.05) is 13.1 Å². The van der Waals surface area contributed by atoms with Crippen molar-refractivity contribution in [2.45, 2.75) is 20.8 Å². The zero-order valence-corrected chi connectivity index (χ0v) is 11.2. The second kappa shape index (κ2) is 4.57. The SMILES string of the molecule is Cc1ncc(NC(=O)CN2CC(C)(C)C2)cc1N. The number of nitrogens with zero attached hydrogens (tertiary/aromatic N) is 2. The molecule has 1 aliphatic rings. The smallest absolute Gasteiger partial charge is 0.238 e. The lowest BCUT2D eigenvalue weighted by Crippen LogP contribution is -2.54. The molecule has 2 rings (SSSR count). The van der Waals surface area contributed by atoms with E-state index in [2.05, 4.69) is 29.0 Å². The molecule has 1 amide bonds. The van der Waals surface area contributed by atoms with Gasteiger partial charge in [-0.2, -0.15) is 0 Å². The molecule has 0 bridgehead atoms. The number of carbonyl (C=O) groups is 1. The molecule has 0 spiro atoms. The molecule has 0 aliphatic carbocycles. The first-order valence-corrected chi connectivity index (χ1v) is 6.10. The van der Waals surface area contributed by atoms with E-state index in [1.807, 2.05) is 6.92 Å². The lowest BCUT2D eigenvalue weighted by atomic mass is 9.84. The molecule has 0 unspecified atom stereocenters. The van der Waals surface area contributed by atoms with Crippen LogP contribution in [0.15, 0.2) is 12.3 Å². The van der Waals surface area contributed by atoms with E-state index in [9.17, 15) is 4.79 Å². The van der Waals surface area contributed by atoms with Crippen LogP contribution >= 0.6 is 0 Å². The molecule has 18 heavy (non-hydrogen) atoms. The highest BCUT2D eigenvalue weighted by molar-refractivity contribution is 5.92. The lowest BCUT2D eigenvalue weighted by molar-refractivity contribution is -0.120. The minimum Gasteiger partial charge on any atom is -0.397 e. The van der Waals surface area contributed by atoms with Crippen LogP contribution in [0.1, 0.15) is 19.5 Å². The first-order chi connectivity index (χ1) is 8.35. The van der Waals surface area contributed by atoms with Gasteiger partial charge in [0.05, 0.1) is 29.8 Å². The van der Waals surface area contributed by atoms with Crippen LogP contribution in [0, 0.1) is 12.3 Å². The Hall–Kier alpha value is -1.62. The summed E-state index contributed by atoms with van der Waals surface area (Å²) in [6, 6.07) is 1.74. The second-order valence-electron chi connectivity index (χ2n) is 5.76. The molecule has 0 radical (unpaired) electrons. The zero-order chi connectivity index (χ0) is 13.3. The number of amides is 1. The largest absolute Gasteiger partial charge is 0.397 e. The number of aryl methyl sites for hydroxylation is 1. The van der Waals surface area contributed by atoms with Gasteiger partial charge in [-0.15, -0.1) is 0 Å². The molecule has 1 saturated heterocycles. The number of hydrogen-bond donors (Lipinski definition) is 2. The third kappa shape index (κ3) is 2.98. The van der Waals surface area contributed by atoms with E-state index in [1.54, 1.807) is 12.3 Å². The third-order valence-electron chi connectivity index (χ3n) is 3.08. The molecule has 1 aromatic rings. The normalized spacial score (nSPS) is 18.2. The molecular formula is C13H20N4O. The van der Waals surface area contributed by atoms with Crippen molar-refractivity contribution in [3.8, 4) is 0 Å². The molecule has 1 aliphatic heterocycles. The van der Waals surface area contributed by atoms with Crippen LogP contribution in [0.5, 0.6) is 0 Å². The molecule has 0 aromatic carbocycles. The van der Waals surface area contributed by atoms with Crippen LogP contribution in [-0.2, 0) is 4.79 Å². The van der Waals surface area contributed by atoms with Crippen LogP contribution in [0.3, 0.4) is 0 Å². The van der Waals surface area contributed by atoms with Crippen LogP contribution < -0.4 is 11.1 Å². The Balaban J connectivity index is 1.86. The van der Waals surface area contributed by atoms with Crippen molar-refractivity contribution in [2.24, 2.45) is 5.41 Å². The standard InChI is InChI=1S/C13H20N4O/c1-9-11(14)4-10(5-15-9)16-12(18)6-17-7-13(2,3)8-17/h4-5H,6-8,14H2,1-3H3,(H,16,18). The minimum absolute atomic E-state index is 0.0180. The Labute approximate surface area is 107 Å². The van der Waals surface area contributed by atoms with Gasteiger partial charge in [0.2, 0.25) is 5.91 Å². The zero-order valence-electron chi connectivity index (χ0n) is 11.2. The number of nitrogens with one attached hydrogen (secondary N) is 1. The van der Waals surface area contributed by atoms with Crippen LogP contribution in [0.2, 0.25) is 0 Å². The highest BCUT2D eigenvalue weighted by Gasteiger charge is 2.34. The summed E-state index contributed by atoms with van der Waals surface area (Å²) in [6.45, 7) is 8.60. The molecule has 1 fully saturated rings. The Bertz CT molecular complexity index is 462. The van der Waals surface area contributed by atoms with E-state index in [0.29, 0.717) is 23.3 Å². The van der Waals surface area contributed by atoms with Crippen molar-refractivity contribution >= 4 is 17.3 Å². The summed E-state index contributed by atoms with van der Waals surface area (Å²) in [6.07, 6.45) is 1.63. The van der Waals surface area contributed by atoms with E-state index in [4.69, 9.17) is 5.73 Å². The van der Waals surface area contributed by atoms with Gasteiger partial charge in [0.25, 0.3) is 0 Å². The number of aromatic nitrogens is 1. The topological polar surface area (TPSA) is 71.2 Å². The number of carbonyl (C=O) groups excluding carboxylic acids is 1. The fourth-order valence-corrected chi connectivity index (χ4v) is 2.30. The first kappa shape index (κ1) is 12.8. The predicted molar refractivity (Wildman–Crippen MR) is 72.2 cm³/mol. The summed E-state index contributed by atoms with van der Waals surface area (Å²) in [4.78, 5) is 18.0. The average Bonchev–Trinajstić information content (AvgIpc) is 2.21. The van der Waals surface area contributed by atoms with Crippen molar-refractivity contribution in [1.82, 2.24) is 9.88 Å². The molecular weight excluding hydrogens is 228 g/mol. The van der Waals surface area contributed by atoms with E-state index in [-0.39, 0.29) is 5.91 Å². The number of pyridine rings is 1. The summed E-state index contributed by atoms with van der Waals surface area (Å²) in [5, 5.41) is 2.81. The van der Waals surface area contributed by atoms with Gasteiger partial charge in [0.1, 0.15) is 0 Å². The molecule has 98 valence electrons. The monoisotopic (exact) mass is 248 g/mol. The van der Waals surface area contributed by atoms with Crippen molar-refractivity contribution in [2.75, 3.05) is 30.7 Å². The predicted octanol–water partition coefficient (Wildman–Crippen LogP) is 1.25. The maximum Gasteiger partial charge on any atom is 0.238 e. The van der Waals surface area contributed by atoms with E-state index < -0.39 is 0 Å². The summed E-state index contributed by atoms with van der Waals surface area (Å²) in [5.41, 5.74) is 8.12. The van der Waals surface area contributed by atoms with Crippen LogP contribution in [-0.4, -0.2) is 35.4 Å². The Morgan fingerprint density at radius 2 is 2.22 bits per heavy atom. The fourth-order valence-electron chi connectivity index (χ4n) is 2.30. The van der Waals surface area contributed by atoms with Crippen molar-refractivity contribution in [3.63, 3.8) is 0 Å². The molecule has 0 atom stereocenters. The second-order valence-corrected chi connectivity index (χ2v) is 5.76. The molecule has 3 N–H and O–H groups in total. The highest BCUT2D eigenvalue weighted by Crippen LogP contribution is 2.28. The number of nitrogen functional groups attached to an aromatic ring is 1. The highest BCUT2D eigenvalue weighted by atomic mass is 16.2. The number of anilines is 2. The quantitative estimate of drug-likeness (QED) is 0.844. The number of likely N-dealkylation sites (tertiary alicyclic amines) is 1. The maximum absolute atomic E-state index is 11.8. The van der Waals surface area contributed by atoms with Gasteiger partial charge in [0.15, 0.2) is 0 Å². The Morgan fingerprint density at radius 3 is 2.78 bits per heavy atom. The van der Waals surface area contributed by atoms with Gasteiger partial charge in [-0.3, -0.25) is 14.7 Å². The molecule has 5 heteroatoms. The average molecular weight is 248 g/mol. The van der Waals surface area contributed by atoms with Gasteiger partial charge in [-0.1, -0.05) is 13.8 Å². The number of nitrogens with two attached hydrogens (primary N) is 1. The van der Waals surface area contributed by atoms with E-state index in [1.165, 1.54) is 0 Å². The van der Waals surface area contributed by atoms with Crippen molar-refractivity contribution in [1.29, 1.82) is 0 Å². The maximum atomic E-state index is 11.8. The van der Waals surface area contributed by atoms with Gasteiger partial charge >= 0.3 is 0 Å². The summed E-state index contributed by atoms with van der Waals surface area (Å²) < 4.78 is 0. The van der Waals surface area contributed by atoms with Crippen molar-refractivity contribution in [3.05, 3.63) is 18.0 Å². The van der Waals surface area contributed by atoms with Crippen LogP contribution in [0.25, 0.3) is 0 Å².